The maximum atomic E-state index is 5.50. The number of anilines is 1. The molecule has 0 saturated carbocycles. The summed E-state index contributed by atoms with van der Waals surface area (Å²) in [5.74, 6) is 2.78. The van der Waals surface area contributed by atoms with Crippen molar-refractivity contribution in [2.24, 2.45) is 0 Å². The molecule has 0 bridgehead atoms. The third kappa shape index (κ3) is 3.67. The summed E-state index contributed by atoms with van der Waals surface area (Å²) >= 11 is 0. The Morgan fingerprint density at radius 2 is 1.80 bits per heavy atom. The first-order valence-electron chi connectivity index (χ1n) is 8.51. The number of fused-ring (bicyclic) bond motifs is 1. The lowest BCUT2D eigenvalue weighted by Crippen LogP contribution is -2.56. The first kappa shape index (κ1) is 17.8. The molecular weight excluding hydrogens is 338 g/mol. The van der Waals surface area contributed by atoms with Gasteiger partial charge in [-0.15, -0.1) is 12.4 Å². The monoisotopic (exact) mass is 361 g/mol. The highest BCUT2D eigenvalue weighted by molar-refractivity contribution is 5.85. The molecule has 2 atom stereocenters. The van der Waals surface area contributed by atoms with Crippen LogP contribution in [0.1, 0.15) is 19.4 Å². The Morgan fingerprint density at radius 3 is 2.52 bits per heavy atom. The van der Waals surface area contributed by atoms with Crippen molar-refractivity contribution in [2.75, 3.05) is 24.8 Å². The maximum absolute atomic E-state index is 5.50. The van der Waals surface area contributed by atoms with Crippen LogP contribution in [-0.4, -0.2) is 41.9 Å². The van der Waals surface area contributed by atoms with Gasteiger partial charge in [0.15, 0.2) is 11.5 Å². The van der Waals surface area contributed by atoms with E-state index in [1.807, 2.05) is 18.3 Å². The normalized spacial score (nSPS) is 22.6. The zero-order valence-corrected chi connectivity index (χ0v) is 15.4. The molecule has 0 spiro atoms. The van der Waals surface area contributed by atoms with Crippen LogP contribution in [0, 0.1) is 0 Å². The van der Waals surface area contributed by atoms with Crippen LogP contribution < -0.4 is 14.4 Å². The zero-order valence-electron chi connectivity index (χ0n) is 14.6. The number of rotatable bonds is 3. The second-order valence-corrected chi connectivity index (χ2v) is 6.65. The zero-order chi connectivity index (χ0) is 16.5. The second-order valence-electron chi connectivity index (χ2n) is 6.65. The fourth-order valence-electron chi connectivity index (χ4n) is 3.65. The average molecular weight is 362 g/mol. The van der Waals surface area contributed by atoms with Gasteiger partial charge < -0.3 is 14.4 Å². The Labute approximate surface area is 155 Å². The summed E-state index contributed by atoms with van der Waals surface area (Å²) in [5, 5.41) is 0. The van der Waals surface area contributed by atoms with E-state index in [0.717, 1.165) is 37.0 Å². The number of pyridine rings is 1. The summed E-state index contributed by atoms with van der Waals surface area (Å²) in [6, 6.07) is 13.3. The number of ether oxygens (including phenoxy) is 2. The molecule has 0 amide bonds. The predicted molar refractivity (Wildman–Crippen MR) is 101 cm³/mol. The molecule has 1 saturated heterocycles. The molecule has 0 N–H and O–H groups in total. The van der Waals surface area contributed by atoms with Crippen molar-refractivity contribution < 1.29 is 9.47 Å². The van der Waals surface area contributed by atoms with Gasteiger partial charge in [-0.1, -0.05) is 12.1 Å². The van der Waals surface area contributed by atoms with Crippen LogP contribution in [0.2, 0.25) is 0 Å². The second kappa shape index (κ2) is 7.50. The average Bonchev–Trinajstić information content (AvgIpc) is 3.06. The summed E-state index contributed by atoms with van der Waals surface area (Å²) in [7, 11) is 0. The van der Waals surface area contributed by atoms with Gasteiger partial charge in [-0.25, -0.2) is 4.98 Å². The van der Waals surface area contributed by atoms with Crippen LogP contribution in [0.3, 0.4) is 0 Å². The Hall–Kier alpha value is -1.98. The molecule has 2 aromatic rings. The molecule has 2 aliphatic rings. The molecule has 3 heterocycles. The highest BCUT2D eigenvalue weighted by atomic mass is 35.5. The molecule has 6 heteroatoms. The summed E-state index contributed by atoms with van der Waals surface area (Å²) < 4.78 is 10.9. The Balaban J connectivity index is 0.00000182. The van der Waals surface area contributed by atoms with Crippen molar-refractivity contribution in [3.8, 4) is 11.5 Å². The van der Waals surface area contributed by atoms with Crippen LogP contribution in [0.15, 0.2) is 42.6 Å². The molecule has 4 rings (SSSR count). The van der Waals surface area contributed by atoms with E-state index in [1.54, 1.807) is 0 Å². The van der Waals surface area contributed by atoms with Gasteiger partial charge in [0, 0.05) is 37.9 Å². The van der Waals surface area contributed by atoms with Crippen molar-refractivity contribution in [2.45, 2.75) is 32.5 Å². The van der Waals surface area contributed by atoms with Crippen molar-refractivity contribution in [1.29, 1.82) is 0 Å². The molecule has 134 valence electrons. The lowest BCUT2D eigenvalue weighted by atomic mass is 10.1. The highest BCUT2D eigenvalue weighted by Crippen LogP contribution is 2.33. The van der Waals surface area contributed by atoms with Gasteiger partial charge in [-0.2, -0.15) is 0 Å². The van der Waals surface area contributed by atoms with Gasteiger partial charge in [0.25, 0.3) is 0 Å². The molecule has 0 aliphatic carbocycles. The van der Waals surface area contributed by atoms with Gasteiger partial charge >= 0.3 is 0 Å². The number of halogens is 1. The van der Waals surface area contributed by atoms with Crippen LogP contribution >= 0.6 is 12.4 Å². The number of nitrogens with zero attached hydrogens (tertiary/aromatic N) is 3. The summed E-state index contributed by atoms with van der Waals surface area (Å²) in [6.07, 6.45) is 1.86. The number of hydrogen-bond donors (Lipinski definition) is 0. The van der Waals surface area contributed by atoms with Crippen molar-refractivity contribution in [1.82, 2.24) is 9.88 Å². The third-order valence-electron chi connectivity index (χ3n) is 4.88. The van der Waals surface area contributed by atoms with E-state index in [2.05, 4.69) is 52.9 Å². The molecule has 5 nitrogen and oxygen atoms in total. The predicted octanol–water partition coefficient (Wildman–Crippen LogP) is 3.33. The smallest absolute Gasteiger partial charge is 0.231 e. The number of piperazine rings is 1. The van der Waals surface area contributed by atoms with Gasteiger partial charge in [-0.3, -0.25) is 4.90 Å². The van der Waals surface area contributed by atoms with Crippen LogP contribution in [0.4, 0.5) is 5.82 Å². The first-order chi connectivity index (χ1) is 11.7. The Morgan fingerprint density at radius 1 is 1.04 bits per heavy atom. The van der Waals surface area contributed by atoms with Gasteiger partial charge in [0.1, 0.15) is 5.82 Å². The quantitative estimate of drug-likeness (QED) is 0.838. The molecule has 1 aromatic heterocycles. The minimum absolute atomic E-state index is 0. The number of aromatic nitrogens is 1. The van der Waals surface area contributed by atoms with Crippen LogP contribution in [-0.2, 0) is 6.54 Å². The number of hydrogen-bond acceptors (Lipinski definition) is 5. The maximum Gasteiger partial charge on any atom is 0.231 e. The van der Waals surface area contributed by atoms with E-state index >= 15 is 0 Å². The fraction of sp³-hybridized carbons (Fsp3) is 0.421. The van der Waals surface area contributed by atoms with Gasteiger partial charge in [0.2, 0.25) is 6.79 Å². The molecular formula is C19H24ClN3O2. The molecule has 1 fully saturated rings. The lowest BCUT2D eigenvalue weighted by molar-refractivity contribution is 0.122. The summed E-state index contributed by atoms with van der Waals surface area (Å²) in [5.41, 5.74) is 1.27. The standard InChI is InChI=1S/C19H23N3O2.ClH/c1-14-10-21(19-5-3-4-8-20-19)11-15(2)22(14)12-16-6-7-17-18(9-16)24-13-23-17;/h3-9,14-15H,10-13H2,1-2H3;1H. The summed E-state index contributed by atoms with van der Waals surface area (Å²) in [4.78, 5) is 9.43. The third-order valence-corrected chi connectivity index (χ3v) is 4.88. The van der Waals surface area contributed by atoms with Gasteiger partial charge in [-0.05, 0) is 43.7 Å². The highest BCUT2D eigenvalue weighted by Gasteiger charge is 2.30. The van der Waals surface area contributed by atoms with Crippen molar-refractivity contribution in [3.63, 3.8) is 0 Å². The number of benzene rings is 1. The molecule has 25 heavy (non-hydrogen) atoms. The molecule has 1 aromatic carbocycles. The van der Waals surface area contributed by atoms with E-state index in [-0.39, 0.29) is 12.4 Å². The molecule has 2 unspecified atom stereocenters. The summed E-state index contributed by atoms with van der Waals surface area (Å²) in [6.45, 7) is 7.82. The fourth-order valence-corrected chi connectivity index (χ4v) is 3.65. The minimum Gasteiger partial charge on any atom is -0.454 e. The Kier molecular flexibility index (Phi) is 5.35. The SMILES string of the molecule is CC1CN(c2ccccn2)CC(C)N1Cc1ccc2c(c1)OCO2.Cl. The van der Waals surface area contributed by atoms with Crippen molar-refractivity contribution in [3.05, 3.63) is 48.2 Å². The molecule has 2 aliphatic heterocycles. The van der Waals surface area contributed by atoms with E-state index in [1.165, 1.54) is 5.56 Å². The van der Waals surface area contributed by atoms with Crippen LogP contribution in [0.25, 0.3) is 0 Å². The topological polar surface area (TPSA) is 37.8 Å². The largest absolute Gasteiger partial charge is 0.454 e. The first-order valence-corrected chi connectivity index (χ1v) is 8.51. The lowest BCUT2D eigenvalue weighted by Gasteiger charge is -2.45. The molecule has 0 radical (unpaired) electrons. The van der Waals surface area contributed by atoms with E-state index < -0.39 is 0 Å². The van der Waals surface area contributed by atoms with E-state index in [9.17, 15) is 0 Å². The minimum atomic E-state index is 0. The van der Waals surface area contributed by atoms with E-state index in [0.29, 0.717) is 18.9 Å². The van der Waals surface area contributed by atoms with Crippen LogP contribution in [0.5, 0.6) is 11.5 Å². The van der Waals surface area contributed by atoms with Crippen molar-refractivity contribution >= 4 is 18.2 Å². The van der Waals surface area contributed by atoms with E-state index in [4.69, 9.17) is 9.47 Å². The van der Waals surface area contributed by atoms with Gasteiger partial charge in [0.05, 0.1) is 0 Å². The Bertz CT molecular complexity index is 701.